The van der Waals surface area contributed by atoms with Gasteiger partial charge >= 0.3 is 0 Å². The predicted octanol–water partition coefficient (Wildman–Crippen LogP) is 2.35. The molecule has 0 bridgehead atoms. The average Bonchev–Trinajstić information content (AvgIpc) is 2.64. The molecule has 0 aliphatic carbocycles. The monoisotopic (exact) mass is 345 g/mol. The molecule has 2 aliphatic rings. The van der Waals surface area contributed by atoms with E-state index < -0.39 is 0 Å². The lowest BCUT2D eigenvalue weighted by molar-refractivity contribution is -0.119. The van der Waals surface area contributed by atoms with E-state index in [9.17, 15) is 4.79 Å². The number of piperidine rings is 2. The fourth-order valence-corrected chi connectivity index (χ4v) is 3.93. The maximum atomic E-state index is 11.1. The first-order valence-corrected chi connectivity index (χ1v) is 9.77. The number of hydrogen-bond donors (Lipinski definition) is 1. The molecule has 25 heavy (non-hydrogen) atoms. The summed E-state index contributed by atoms with van der Waals surface area (Å²) in [6.45, 7) is 6.54. The van der Waals surface area contributed by atoms with Crippen molar-refractivity contribution in [2.45, 2.75) is 64.5 Å². The Bertz CT molecular complexity index is 541. The molecule has 0 aromatic carbocycles. The topological polar surface area (TPSA) is 61.4 Å². The molecule has 0 radical (unpaired) electrons. The smallest absolute Gasteiger partial charge is 0.225 e. The second kappa shape index (κ2) is 9.13. The van der Waals surface area contributed by atoms with Gasteiger partial charge in [-0.05, 0) is 45.1 Å². The van der Waals surface area contributed by atoms with Gasteiger partial charge in [0.2, 0.25) is 11.9 Å². The number of nitrogens with zero attached hydrogens (tertiary/aromatic N) is 4. The molecule has 3 heterocycles. The highest BCUT2D eigenvalue weighted by atomic mass is 16.1. The molecule has 1 aromatic heterocycles. The molecule has 138 valence electrons. The summed E-state index contributed by atoms with van der Waals surface area (Å²) >= 11 is 0. The summed E-state index contributed by atoms with van der Waals surface area (Å²) in [5.74, 6) is 0.938. The van der Waals surface area contributed by atoms with E-state index >= 15 is 0 Å². The van der Waals surface area contributed by atoms with Crippen molar-refractivity contribution in [2.75, 3.05) is 31.1 Å². The number of aromatic nitrogens is 2. The average molecular weight is 345 g/mol. The van der Waals surface area contributed by atoms with Crippen molar-refractivity contribution in [1.82, 2.24) is 20.2 Å². The van der Waals surface area contributed by atoms with Crippen molar-refractivity contribution in [1.29, 1.82) is 0 Å². The number of rotatable bonds is 6. The van der Waals surface area contributed by atoms with E-state index in [-0.39, 0.29) is 5.91 Å². The minimum absolute atomic E-state index is 0.0593. The molecule has 0 spiro atoms. The van der Waals surface area contributed by atoms with Gasteiger partial charge < -0.3 is 10.2 Å². The van der Waals surface area contributed by atoms with Gasteiger partial charge in [-0.2, -0.15) is 0 Å². The molecule has 1 aromatic rings. The van der Waals surface area contributed by atoms with Crippen LogP contribution in [0.3, 0.4) is 0 Å². The fourth-order valence-electron chi connectivity index (χ4n) is 3.93. The molecule has 6 heteroatoms. The van der Waals surface area contributed by atoms with Gasteiger partial charge in [0.15, 0.2) is 0 Å². The van der Waals surface area contributed by atoms with Crippen molar-refractivity contribution in [2.24, 2.45) is 0 Å². The Balaban J connectivity index is 1.54. The van der Waals surface area contributed by atoms with Crippen LogP contribution in [0.2, 0.25) is 0 Å². The summed E-state index contributed by atoms with van der Waals surface area (Å²) in [5.41, 5.74) is 1.19. The first-order valence-electron chi connectivity index (χ1n) is 9.77. The molecule has 3 rings (SSSR count). The van der Waals surface area contributed by atoms with Gasteiger partial charge in [0.25, 0.3) is 0 Å². The third-order valence-corrected chi connectivity index (χ3v) is 5.32. The Morgan fingerprint density at radius 1 is 1.12 bits per heavy atom. The molecule has 2 aliphatic heterocycles. The third-order valence-electron chi connectivity index (χ3n) is 5.32. The predicted molar refractivity (Wildman–Crippen MR) is 99.4 cm³/mol. The van der Waals surface area contributed by atoms with Crippen LogP contribution in [-0.4, -0.2) is 53.0 Å². The quantitative estimate of drug-likeness (QED) is 0.857. The molecule has 0 saturated carbocycles. The maximum absolute atomic E-state index is 11.1. The number of likely N-dealkylation sites (tertiary alicyclic amines) is 1. The normalized spacial score (nSPS) is 22.0. The molecule has 1 amide bonds. The SMILES string of the molecule is CC(=O)NCC[C@H]1CCCCN1Cc1cnc(N2CCCCC2)nc1. The zero-order valence-corrected chi connectivity index (χ0v) is 15.4. The Morgan fingerprint density at radius 2 is 1.84 bits per heavy atom. The molecular weight excluding hydrogens is 314 g/mol. The Morgan fingerprint density at radius 3 is 2.56 bits per heavy atom. The lowest BCUT2D eigenvalue weighted by Gasteiger charge is -2.35. The van der Waals surface area contributed by atoms with Crippen molar-refractivity contribution in [3.05, 3.63) is 18.0 Å². The van der Waals surface area contributed by atoms with Crippen molar-refractivity contribution in [3.8, 4) is 0 Å². The first kappa shape index (κ1) is 18.1. The van der Waals surface area contributed by atoms with E-state index in [0.29, 0.717) is 6.04 Å². The minimum atomic E-state index is 0.0593. The van der Waals surface area contributed by atoms with Crippen LogP contribution in [0, 0.1) is 0 Å². The lowest BCUT2D eigenvalue weighted by Crippen LogP contribution is -2.41. The number of carbonyl (C=O) groups is 1. The number of amides is 1. The van der Waals surface area contributed by atoms with E-state index in [4.69, 9.17) is 0 Å². The van der Waals surface area contributed by atoms with Gasteiger partial charge in [0.1, 0.15) is 0 Å². The van der Waals surface area contributed by atoms with Crippen LogP contribution >= 0.6 is 0 Å². The molecule has 1 N–H and O–H groups in total. The number of nitrogens with one attached hydrogen (secondary N) is 1. The van der Waals surface area contributed by atoms with Crippen molar-refractivity contribution >= 4 is 11.9 Å². The van der Waals surface area contributed by atoms with Crippen LogP contribution in [0.25, 0.3) is 0 Å². The van der Waals surface area contributed by atoms with Gasteiger partial charge in [0, 0.05) is 57.1 Å². The van der Waals surface area contributed by atoms with E-state index in [1.807, 2.05) is 12.4 Å². The molecule has 1 atom stereocenters. The van der Waals surface area contributed by atoms with Gasteiger partial charge in [-0.25, -0.2) is 9.97 Å². The fraction of sp³-hybridized carbons (Fsp3) is 0.737. The van der Waals surface area contributed by atoms with E-state index in [2.05, 4.69) is 25.1 Å². The van der Waals surface area contributed by atoms with Gasteiger partial charge in [-0.3, -0.25) is 9.69 Å². The summed E-state index contributed by atoms with van der Waals surface area (Å²) in [6.07, 6.45) is 12.6. The molecule has 2 saturated heterocycles. The minimum Gasteiger partial charge on any atom is -0.356 e. The highest BCUT2D eigenvalue weighted by Gasteiger charge is 2.22. The van der Waals surface area contributed by atoms with Gasteiger partial charge in [-0.1, -0.05) is 6.42 Å². The summed E-state index contributed by atoms with van der Waals surface area (Å²) in [5, 5.41) is 2.93. The van der Waals surface area contributed by atoms with Crippen molar-refractivity contribution in [3.63, 3.8) is 0 Å². The molecule has 6 nitrogen and oxygen atoms in total. The highest BCUT2D eigenvalue weighted by molar-refractivity contribution is 5.72. The van der Waals surface area contributed by atoms with Crippen LogP contribution in [0.15, 0.2) is 12.4 Å². The van der Waals surface area contributed by atoms with E-state index in [1.165, 1.54) is 44.1 Å². The molecule has 2 fully saturated rings. The van der Waals surface area contributed by atoms with E-state index in [1.54, 1.807) is 6.92 Å². The Kier molecular flexibility index (Phi) is 6.62. The summed E-state index contributed by atoms with van der Waals surface area (Å²) in [7, 11) is 0. The molecular formula is C19H31N5O. The number of carbonyl (C=O) groups excluding carboxylic acids is 1. The second-order valence-corrected chi connectivity index (χ2v) is 7.33. The zero-order chi connectivity index (χ0) is 17.5. The summed E-state index contributed by atoms with van der Waals surface area (Å²) in [4.78, 5) is 25.1. The van der Waals surface area contributed by atoms with Crippen LogP contribution < -0.4 is 10.2 Å². The maximum Gasteiger partial charge on any atom is 0.225 e. The zero-order valence-electron chi connectivity index (χ0n) is 15.4. The number of anilines is 1. The van der Waals surface area contributed by atoms with Gasteiger partial charge in [0.05, 0.1) is 0 Å². The lowest BCUT2D eigenvalue weighted by atomic mass is 9.99. The van der Waals surface area contributed by atoms with Gasteiger partial charge in [-0.15, -0.1) is 0 Å². The van der Waals surface area contributed by atoms with Crippen molar-refractivity contribution < 1.29 is 4.79 Å². The van der Waals surface area contributed by atoms with Crippen LogP contribution in [-0.2, 0) is 11.3 Å². The van der Waals surface area contributed by atoms with Crippen LogP contribution in [0.4, 0.5) is 5.95 Å². The summed E-state index contributed by atoms with van der Waals surface area (Å²) in [6, 6.07) is 0.544. The van der Waals surface area contributed by atoms with Crippen LogP contribution in [0.5, 0.6) is 0 Å². The Hall–Kier alpha value is -1.69. The summed E-state index contributed by atoms with van der Waals surface area (Å²) < 4.78 is 0. The number of hydrogen-bond acceptors (Lipinski definition) is 5. The standard InChI is InChI=1S/C19H31N5O/c1-16(25)20-9-8-18-7-3-6-12-24(18)15-17-13-21-19(22-14-17)23-10-4-2-5-11-23/h13-14,18H,2-12,15H2,1H3,(H,20,25)/t18-/m1/s1. The highest BCUT2D eigenvalue weighted by Crippen LogP contribution is 2.22. The third kappa shape index (κ3) is 5.39. The first-order chi connectivity index (χ1) is 12.2. The second-order valence-electron chi connectivity index (χ2n) is 7.33. The van der Waals surface area contributed by atoms with E-state index in [0.717, 1.165) is 45.1 Å². The molecule has 0 unspecified atom stereocenters. The largest absolute Gasteiger partial charge is 0.356 e. The van der Waals surface area contributed by atoms with Crippen LogP contribution in [0.1, 0.15) is 57.4 Å². The Labute approximate surface area is 151 Å².